The predicted octanol–water partition coefficient (Wildman–Crippen LogP) is 2.98. The largest absolute Gasteiger partial charge is 0.573 e. The number of amides is 1. The van der Waals surface area contributed by atoms with Crippen molar-refractivity contribution in [3.8, 4) is 5.75 Å². The van der Waals surface area contributed by atoms with Gasteiger partial charge in [-0.1, -0.05) is 6.07 Å². The minimum atomic E-state index is -4.90. The second-order valence-corrected chi connectivity index (χ2v) is 7.38. The molecule has 0 atom stereocenters. The molecule has 1 N–H and O–H groups in total. The van der Waals surface area contributed by atoms with E-state index in [0.29, 0.717) is 4.31 Å². The summed E-state index contributed by atoms with van der Waals surface area (Å²) in [5, 5.41) is 2.34. The first kappa shape index (κ1) is 20.6. The molecule has 0 heterocycles. The Morgan fingerprint density at radius 3 is 2.33 bits per heavy atom. The molecule has 146 valence electrons. The van der Waals surface area contributed by atoms with Crippen LogP contribution >= 0.6 is 0 Å². The van der Waals surface area contributed by atoms with Crippen molar-refractivity contribution in [3.63, 3.8) is 0 Å². The molecular formula is C16H14F4N2O4S. The summed E-state index contributed by atoms with van der Waals surface area (Å²) >= 11 is 0. The maximum atomic E-state index is 13.1. The Bertz CT molecular complexity index is 915. The highest BCUT2D eigenvalue weighted by molar-refractivity contribution is 7.89. The Kier molecular flexibility index (Phi) is 6.06. The van der Waals surface area contributed by atoms with Crippen molar-refractivity contribution in [2.45, 2.75) is 11.3 Å². The first-order valence-corrected chi connectivity index (χ1v) is 8.79. The molecule has 0 spiro atoms. The number of sulfonamides is 1. The number of hydrogen-bond acceptors (Lipinski definition) is 4. The topological polar surface area (TPSA) is 75.7 Å². The summed E-state index contributed by atoms with van der Waals surface area (Å²) in [6.07, 6.45) is -4.90. The van der Waals surface area contributed by atoms with E-state index in [1.165, 1.54) is 18.2 Å². The van der Waals surface area contributed by atoms with Crippen molar-refractivity contribution in [2.75, 3.05) is 18.9 Å². The molecule has 0 aromatic heterocycles. The molecule has 2 aromatic carbocycles. The fourth-order valence-corrected chi connectivity index (χ4v) is 3.17. The van der Waals surface area contributed by atoms with Crippen molar-refractivity contribution >= 4 is 21.6 Å². The fourth-order valence-electron chi connectivity index (χ4n) is 2.05. The van der Waals surface area contributed by atoms with Crippen molar-refractivity contribution in [3.05, 3.63) is 54.3 Å². The van der Waals surface area contributed by atoms with Crippen LogP contribution in [0.5, 0.6) is 5.75 Å². The van der Waals surface area contributed by atoms with E-state index < -0.39 is 40.4 Å². The maximum absolute atomic E-state index is 13.1. The van der Waals surface area contributed by atoms with Crippen LogP contribution in [0.25, 0.3) is 0 Å². The van der Waals surface area contributed by atoms with Crippen molar-refractivity contribution in [2.24, 2.45) is 0 Å². The Morgan fingerprint density at radius 1 is 1.15 bits per heavy atom. The highest BCUT2D eigenvalue weighted by atomic mass is 32.2. The number of carbonyl (C=O) groups is 1. The zero-order chi connectivity index (χ0) is 20.2. The number of benzene rings is 2. The number of ether oxygens (including phenoxy) is 1. The minimum Gasteiger partial charge on any atom is -0.406 e. The number of nitrogens with zero attached hydrogens (tertiary/aromatic N) is 1. The van der Waals surface area contributed by atoms with E-state index in [4.69, 9.17) is 0 Å². The number of alkyl halides is 3. The zero-order valence-electron chi connectivity index (χ0n) is 13.8. The molecule has 11 heteroatoms. The van der Waals surface area contributed by atoms with E-state index in [1.807, 2.05) is 0 Å². The molecule has 0 aliphatic rings. The van der Waals surface area contributed by atoms with Crippen LogP contribution in [0.15, 0.2) is 53.4 Å². The molecule has 2 aromatic rings. The summed E-state index contributed by atoms with van der Waals surface area (Å²) in [6.45, 7) is -0.584. The van der Waals surface area contributed by atoms with Crippen LogP contribution in [0, 0.1) is 5.82 Å². The first-order chi connectivity index (χ1) is 12.5. The highest BCUT2D eigenvalue weighted by Crippen LogP contribution is 2.24. The van der Waals surface area contributed by atoms with Gasteiger partial charge in [0.15, 0.2) is 0 Å². The van der Waals surface area contributed by atoms with Crippen LogP contribution in [-0.4, -0.2) is 38.6 Å². The molecule has 6 nitrogen and oxygen atoms in total. The lowest BCUT2D eigenvalue weighted by Gasteiger charge is -2.17. The summed E-state index contributed by atoms with van der Waals surface area (Å²) < 4.78 is 78.7. The van der Waals surface area contributed by atoms with Gasteiger partial charge in [-0.2, -0.15) is 4.31 Å². The molecule has 0 bridgehead atoms. The fraction of sp³-hybridized carbons (Fsp3) is 0.188. The average Bonchev–Trinajstić information content (AvgIpc) is 2.53. The second kappa shape index (κ2) is 7.92. The normalized spacial score (nSPS) is 12.1. The summed E-state index contributed by atoms with van der Waals surface area (Å²) in [5.41, 5.74) is 0.152. The molecule has 27 heavy (non-hydrogen) atoms. The predicted molar refractivity (Wildman–Crippen MR) is 88.0 cm³/mol. The third kappa shape index (κ3) is 5.93. The van der Waals surface area contributed by atoms with E-state index >= 15 is 0 Å². The van der Waals surface area contributed by atoms with Crippen molar-refractivity contribution in [1.82, 2.24) is 4.31 Å². The van der Waals surface area contributed by atoms with Gasteiger partial charge in [-0.3, -0.25) is 4.79 Å². The average molecular weight is 406 g/mol. The number of halogens is 4. The van der Waals surface area contributed by atoms with Gasteiger partial charge in [0.25, 0.3) is 0 Å². The van der Waals surface area contributed by atoms with E-state index in [1.54, 1.807) is 0 Å². The van der Waals surface area contributed by atoms with Crippen LogP contribution in [0.2, 0.25) is 0 Å². The van der Waals surface area contributed by atoms with E-state index in [9.17, 15) is 30.8 Å². The lowest BCUT2D eigenvalue weighted by molar-refractivity contribution is -0.274. The minimum absolute atomic E-state index is 0.152. The SMILES string of the molecule is CN(CC(=O)Nc1cccc(F)c1)S(=O)(=O)c1ccc(OC(F)(F)F)cc1. The van der Waals surface area contributed by atoms with E-state index in [-0.39, 0.29) is 10.6 Å². The molecule has 0 saturated heterocycles. The van der Waals surface area contributed by atoms with Crippen LogP contribution in [-0.2, 0) is 14.8 Å². The van der Waals surface area contributed by atoms with Gasteiger partial charge in [0.2, 0.25) is 15.9 Å². The quantitative estimate of drug-likeness (QED) is 0.749. The van der Waals surface area contributed by atoms with Gasteiger partial charge in [0, 0.05) is 12.7 Å². The third-order valence-electron chi connectivity index (χ3n) is 3.24. The lowest BCUT2D eigenvalue weighted by atomic mass is 10.3. The maximum Gasteiger partial charge on any atom is 0.573 e. The molecule has 0 aliphatic heterocycles. The Balaban J connectivity index is 2.05. The van der Waals surface area contributed by atoms with E-state index in [0.717, 1.165) is 37.4 Å². The molecular weight excluding hydrogens is 392 g/mol. The number of anilines is 1. The highest BCUT2D eigenvalue weighted by Gasteiger charge is 2.31. The molecule has 0 saturated carbocycles. The van der Waals surface area contributed by atoms with Gasteiger partial charge < -0.3 is 10.1 Å². The van der Waals surface area contributed by atoms with Gasteiger partial charge in [-0.25, -0.2) is 12.8 Å². The lowest BCUT2D eigenvalue weighted by Crippen LogP contribution is -2.35. The van der Waals surface area contributed by atoms with E-state index in [2.05, 4.69) is 10.1 Å². The van der Waals surface area contributed by atoms with Crippen LogP contribution in [0.4, 0.5) is 23.2 Å². The molecule has 0 aliphatic carbocycles. The summed E-state index contributed by atoms with van der Waals surface area (Å²) in [6, 6.07) is 8.59. The van der Waals surface area contributed by atoms with Gasteiger partial charge in [0.1, 0.15) is 11.6 Å². The number of nitrogens with one attached hydrogen (secondary N) is 1. The molecule has 0 fully saturated rings. The Morgan fingerprint density at radius 2 is 1.78 bits per heavy atom. The summed E-state index contributed by atoms with van der Waals surface area (Å²) in [7, 11) is -3.01. The van der Waals surface area contributed by atoms with Crippen LogP contribution in [0.1, 0.15) is 0 Å². The molecule has 1 amide bonds. The monoisotopic (exact) mass is 406 g/mol. The molecule has 0 radical (unpaired) electrons. The summed E-state index contributed by atoms with van der Waals surface area (Å²) in [4.78, 5) is 11.6. The number of carbonyl (C=O) groups excluding carboxylic acids is 1. The van der Waals surface area contributed by atoms with Gasteiger partial charge >= 0.3 is 6.36 Å². The third-order valence-corrected chi connectivity index (χ3v) is 5.06. The van der Waals surface area contributed by atoms with Crippen LogP contribution in [0.3, 0.4) is 0 Å². The van der Waals surface area contributed by atoms with Crippen molar-refractivity contribution < 1.29 is 35.5 Å². The van der Waals surface area contributed by atoms with Crippen LogP contribution < -0.4 is 10.1 Å². The standard InChI is InChI=1S/C16H14F4N2O4S/c1-22(10-15(23)21-12-4-2-3-11(17)9-12)27(24,25)14-7-5-13(6-8-14)26-16(18,19)20/h2-9H,10H2,1H3,(H,21,23). The van der Waals surface area contributed by atoms with Crippen molar-refractivity contribution in [1.29, 1.82) is 0 Å². The summed E-state index contributed by atoms with van der Waals surface area (Å²) in [5.74, 6) is -1.87. The Labute approximate surface area is 152 Å². The van der Waals surface area contributed by atoms with Gasteiger partial charge in [-0.15, -0.1) is 13.2 Å². The van der Waals surface area contributed by atoms with Gasteiger partial charge in [-0.05, 0) is 42.5 Å². The first-order valence-electron chi connectivity index (χ1n) is 7.35. The number of rotatable bonds is 6. The number of likely N-dealkylation sites (N-methyl/N-ethyl adjacent to an activating group) is 1. The number of hydrogen-bond donors (Lipinski definition) is 1. The zero-order valence-corrected chi connectivity index (χ0v) is 14.6. The van der Waals surface area contributed by atoms with Gasteiger partial charge in [0.05, 0.1) is 11.4 Å². The molecule has 2 rings (SSSR count). The molecule has 0 unspecified atom stereocenters. The second-order valence-electron chi connectivity index (χ2n) is 5.34. The Hall–Kier alpha value is -2.66. The smallest absolute Gasteiger partial charge is 0.406 e.